The number of benzene rings is 3. The molecule has 1 unspecified atom stereocenters. The van der Waals surface area contributed by atoms with E-state index in [-0.39, 0.29) is 24.4 Å². The topological polar surface area (TPSA) is 32.3 Å². The summed E-state index contributed by atoms with van der Waals surface area (Å²) in [6, 6.07) is 26.8. The van der Waals surface area contributed by atoms with Crippen LogP contribution in [0.25, 0.3) is 0 Å². The monoisotopic (exact) mass is 410 g/mol. The second kappa shape index (κ2) is 9.28. The van der Waals surface area contributed by atoms with Crippen molar-refractivity contribution in [3.63, 3.8) is 0 Å². The Hall–Kier alpha value is -2.27. The highest BCUT2D eigenvalue weighted by atomic mass is 35.5. The van der Waals surface area contributed by atoms with Crippen LogP contribution in [0.1, 0.15) is 12.5 Å². The van der Waals surface area contributed by atoms with Gasteiger partial charge in [0.05, 0.1) is 17.9 Å². The largest absolute Gasteiger partial charge is 0.306 e. The average Bonchev–Trinajstić information content (AvgIpc) is 2.71. The van der Waals surface area contributed by atoms with E-state index in [9.17, 15) is 4.79 Å². The zero-order valence-corrected chi connectivity index (χ0v) is 17.3. The van der Waals surface area contributed by atoms with E-state index in [2.05, 4.69) is 36.5 Å². The first-order chi connectivity index (χ1) is 13.2. The number of carbonyl (C=O) groups is 1. The molecule has 0 fully saturated rings. The predicted molar refractivity (Wildman–Crippen MR) is 119 cm³/mol. The van der Waals surface area contributed by atoms with Gasteiger partial charge in [0.2, 0.25) is 5.91 Å². The number of fused-ring (bicyclic) bond motifs is 2. The van der Waals surface area contributed by atoms with Gasteiger partial charge in [-0.15, -0.1) is 12.4 Å². The number of carbonyl (C=O) groups excluding carboxylic acids is 1. The van der Waals surface area contributed by atoms with Crippen molar-refractivity contribution in [1.29, 1.82) is 0 Å². The molecule has 0 aliphatic carbocycles. The first-order valence-electron chi connectivity index (χ1n) is 9.18. The highest BCUT2D eigenvalue weighted by Crippen LogP contribution is 2.47. The number of halogens is 1. The van der Waals surface area contributed by atoms with Crippen LogP contribution in [0, 0.1) is 0 Å². The van der Waals surface area contributed by atoms with Crippen LogP contribution in [-0.4, -0.2) is 18.5 Å². The van der Waals surface area contributed by atoms with Crippen molar-refractivity contribution in [2.45, 2.75) is 29.2 Å². The quantitative estimate of drug-likeness (QED) is 0.606. The third kappa shape index (κ3) is 4.41. The average molecular weight is 411 g/mol. The lowest BCUT2D eigenvalue weighted by molar-refractivity contribution is -0.117. The van der Waals surface area contributed by atoms with Crippen molar-refractivity contribution in [3.8, 4) is 0 Å². The van der Waals surface area contributed by atoms with Gasteiger partial charge in [0.15, 0.2) is 0 Å². The van der Waals surface area contributed by atoms with E-state index in [1.807, 2.05) is 59.5 Å². The summed E-state index contributed by atoms with van der Waals surface area (Å²) >= 11 is 1.72. The molecule has 0 aromatic heterocycles. The van der Waals surface area contributed by atoms with Crippen molar-refractivity contribution in [3.05, 3.63) is 84.4 Å². The van der Waals surface area contributed by atoms with Gasteiger partial charge in [-0.1, -0.05) is 66.4 Å². The maximum absolute atomic E-state index is 13.1. The van der Waals surface area contributed by atoms with Crippen LogP contribution in [0.2, 0.25) is 0 Å². The molecule has 1 aliphatic rings. The Bertz CT molecular complexity index is 903. The minimum atomic E-state index is 0. The van der Waals surface area contributed by atoms with Gasteiger partial charge in [-0.2, -0.15) is 0 Å². The molecule has 144 valence electrons. The molecule has 3 aromatic rings. The summed E-state index contributed by atoms with van der Waals surface area (Å²) in [5.41, 5.74) is 3.20. The number of rotatable bonds is 5. The summed E-state index contributed by atoms with van der Waals surface area (Å²) in [4.78, 5) is 17.2. The molecule has 3 nitrogen and oxygen atoms in total. The molecule has 3 aromatic carbocycles. The molecule has 1 atom stereocenters. The van der Waals surface area contributed by atoms with E-state index in [0.29, 0.717) is 6.54 Å². The normalized spacial score (nSPS) is 13.1. The van der Waals surface area contributed by atoms with Gasteiger partial charge in [-0.25, -0.2) is 0 Å². The van der Waals surface area contributed by atoms with Gasteiger partial charge in [0.1, 0.15) is 0 Å². The first-order valence-corrected chi connectivity index (χ1v) is 10.0. The van der Waals surface area contributed by atoms with E-state index in [0.717, 1.165) is 27.6 Å². The third-order valence-corrected chi connectivity index (χ3v) is 5.80. The smallest absolute Gasteiger partial charge is 0.245 e. The SMILES string of the molecule is CC(Cc1ccccc1)NCC(=O)N1c2ccccc2Sc2ccccc21.Cl. The van der Waals surface area contributed by atoms with Crippen LogP contribution >= 0.6 is 24.2 Å². The third-order valence-electron chi connectivity index (χ3n) is 4.67. The minimum Gasteiger partial charge on any atom is -0.306 e. The molecule has 0 spiro atoms. The highest BCUT2D eigenvalue weighted by Gasteiger charge is 2.27. The maximum atomic E-state index is 13.1. The van der Waals surface area contributed by atoms with Gasteiger partial charge >= 0.3 is 0 Å². The molecule has 0 radical (unpaired) electrons. The van der Waals surface area contributed by atoms with Crippen LogP contribution in [0.4, 0.5) is 11.4 Å². The van der Waals surface area contributed by atoms with Crippen LogP contribution in [0.5, 0.6) is 0 Å². The Morgan fingerprint density at radius 3 is 2.04 bits per heavy atom. The molecule has 5 heteroatoms. The van der Waals surface area contributed by atoms with E-state index >= 15 is 0 Å². The first kappa shape index (κ1) is 20.5. The van der Waals surface area contributed by atoms with Crippen molar-refractivity contribution < 1.29 is 4.79 Å². The summed E-state index contributed by atoms with van der Waals surface area (Å²) in [5, 5.41) is 3.39. The number of nitrogens with one attached hydrogen (secondary N) is 1. The summed E-state index contributed by atoms with van der Waals surface area (Å²) in [5.74, 6) is 0.0649. The number of anilines is 2. The summed E-state index contributed by atoms with van der Waals surface area (Å²) in [6.07, 6.45) is 0.900. The maximum Gasteiger partial charge on any atom is 0.245 e. The molecule has 28 heavy (non-hydrogen) atoms. The van der Waals surface area contributed by atoms with Crippen LogP contribution in [0.15, 0.2) is 88.7 Å². The van der Waals surface area contributed by atoms with E-state index in [1.165, 1.54) is 5.56 Å². The number of hydrogen-bond acceptors (Lipinski definition) is 3. The summed E-state index contributed by atoms with van der Waals surface area (Å²) in [7, 11) is 0. The fourth-order valence-electron chi connectivity index (χ4n) is 3.35. The number of amides is 1. The second-order valence-electron chi connectivity index (χ2n) is 6.74. The van der Waals surface area contributed by atoms with Crippen molar-refractivity contribution in [2.75, 3.05) is 11.4 Å². The number of nitrogens with zero attached hydrogens (tertiary/aromatic N) is 1. The molecule has 1 heterocycles. The van der Waals surface area contributed by atoms with Gasteiger partial charge in [0, 0.05) is 15.8 Å². The van der Waals surface area contributed by atoms with Crippen LogP contribution in [-0.2, 0) is 11.2 Å². The predicted octanol–water partition coefficient (Wildman–Crippen LogP) is 5.46. The summed E-state index contributed by atoms with van der Waals surface area (Å²) < 4.78 is 0. The Morgan fingerprint density at radius 1 is 0.893 bits per heavy atom. The molecule has 1 amide bonds. The highest BCUT2D eigenvalue weighted by molar-refractivity contribution is 7.99. The van der Waals surface area contributed by atoms with Gasteiger partial charge in [-0.05, 0) is 43.2 Å². The Balaban J connectivity index is 0.00000225. The lowest BCUT2D eigenvalue weighted by Gasteiger charge is -2.31. The Morgan fingerprint density at radius 2 is 1.43 bits per heavy atom. The number of para-hydroxylation sites is 2. The van der Waals surface area contributed by atoms with E-state index in [4.69, 9.17) is 0 Å². The van der Waals surface area contributed by atoms with Crippen molar-refractivity contribution in [2.24, 2.45) is 0 Å². The second-order valence-corrected chi connectivity index (χ2v) is 7.82. The fourth-order valence-corrected chi connectivity index (χ4v) is 4.41. The Labute approximate surface area is 176 Å². The minimum absolute atomic E-state index is 0. The lowest BCUT2D eigenvalue weighted by atomic mass is 10.1. The van der Waals surface area contributed by atoms with E-state index in [1.54, 1.807) is 11.8 Å². The molecular formula is C23H23ClN2OS. The van der Waals surface area contributed by atoms with Crippen molar-refractivity contribution in [1.82, 2.24) is 5.32 Å². The zero-order chi connectivity index (χ0) is 18.6. The standard InChI is InChI=1S/C23H22N2OS.ClH/c1-17(15-18-9-3-2-4-10-18)24-16-23(26)25-19-11-5-7-13-21(19)27-22-14-8-6-12-20(22)25;/h2-14,17,24H,15-16H2,1H3;1H. The van der Waals surface area contributed by atoms with Crippen molar-refractivity contribution >= 4 is 41.5 Å². The van der Waals surface area contributed by atoms with Gasteiger partial charge in [-0.3, -0.25) is 9.69 Å². The zero-order valence-electron chi connectivity index (χ0n) is 15.7. The molecule has 0 saturated carbocycles. The van der Waals surface area contributed by atoms with Gasteiger partial charge < -0.3 is 5.32 Å². The molecule has 0 saturated heterocycles. The molecule has 1 N–H and O–H groups in total. The Kier molecular flexibility index (Phi) is 6.79. The lowest BCUT2D eigenvalue weighted by Crippen LogP contribution is -2.40. The number of hydrogen-bond donors (Lipinski definition) is 1. The van der Waals surface area contributed by atoms with Crippen LogP contribution in [0.3, 0.4) is 0 Å². The molecule has 1 aliphatic heterocycles. The van der Waals surface area contributed by atoms with Gasteiger partial charge in [0.25, 0.3) is 0 Å². The summed E-state index contributed by atoms with van der Waals surface area (Å²) in [6.45, 7) is 2.43. The van der Waals surface area contributed by atoms with E-state index < -0.39 is 0 Å². The molecule has 0 bridgehead atoms. The van der Waals surface area contributed by atoms with Crippen LogP contribution < -0.4 is 10.2 Å². The molecule has 4 rings (SSSR count). The fraction of sp³-hybridized carbons (Fsp3) is 0.174. The molecular weight excluding hydrogens is 388 g/mol.